The molecule has 0 aromatic carbocycles. The first-order valence-electron chi connectivity index (χ1n) is 8.57. The maximum atomic E-state index is 12.3. The molecule has 0 unspecified atom stereocenters. The molecule has 3 aromatic heterocycles. The second kappa shape index (κ2) is 7.43. The van der Waals surface area contributed by atoms with Gasteiger partial charge in [0.25, 0.3) is 5.91 Å². The number of nitrogens with one attached hydrogen (secondary N) is 1. The van der Waals surface area contributed by atoms with Crippen molar-refractivity contribution in [1.82, 2.24) is 29.6 Å². The van der Waals surface area contributed by atoms with Crippen LogP contribution in [-0.2, 0) is 11.3 Å². The largest absolute Gasteiger partial charge is 0.381 e. The van der Waals surface area contributed by atoms with Crippen molar-refractivity contribution < 1.29 is 9.53 Å². The molecule has 9 heteroatoms. The van der Waals surface area contributed by atoms with Crippen LogP contribution in [0.15, 0.2) is 31.0 Å². The van der Waals surface area contributed by atoms with Crippen LogP contribution in [0.2, 0.25) is 5.02 Å². The summed E-state index contributed by atoms with van der Waals surface area (Å²) in [6.07, 6.45) is 8.58. The van der Waals surface area contributed by atoms with Crippen LogP contribution in [0.5, 0.6) is 0 Å². The van der Waals surface area contributed by atoms with E-state index in [9.17, 15) is 4.79 Å². The zero-order valence-electron chi connectivity index (χ0n) is 14.1. The Morgan fingerprint density at radius 1 is 1.31 bits per heavy atom. The highest BCUT2D eigenvalue weighted by atomic mass is 35.5. The summed E-state index contributed by atoms with van der Waals surface area (Å²) >= 11 is 5.82. The minimum absolute atomic E-state index is 0.182. The van der Waals surface area contributed by atoms with Crippen molar-refractivity contribution in [2.75, 3.05) is 19.8 Å². The van der Waals surface area contributed by atoms with Gasteiger partial charge in [0, 0.05) is 38.2 Å². The predicted molar refractivity (Wildman–Crippen MR) is 96.2 cm³/mol. The molecule has 136 valence electrons. The molecular formula is C17H19ClN6O2. The number of nitrogens with zero attached hydrogens (tertiary/aromatic N) is 5. The van der Waals surface area contributed by atoms with Crippen LogP contribution in [0.25, 0.3) is 11.2 Å². The van der Waals surface area contributed by atoms with E-state index < -0.39 is 0 Å². The Morgan fingerprint density at radius 2 is 2.15 bits per heavy atom. The first kappa shape index (κ1) is 17.0. The highest BCUT2D eigenvalue weighted by molar-refractivity contribution is 6.30. The lowest BCUT2D eigenvalue weighted by molar-refractivity contribution is 0.0704. The molecule has 0 radical (unpaired) electrons. The number of amides is 1. The molecule has 1 aliphatic heterocycles. The second-order valence-corrected chi connectivity index (χ2v) is 6.68. The van der Waals surface area contributed by atoms with E-state index in [-0.39, 0.29) is 5.91 Å². The Labute approximate surface area is 155 Å². The van der Waals surface area contributed by atoms with E-state index in [2.05, 4.69) is 25.0 Å². The first-order valence-corrected chi connectivity index (χ1v) is 8.95. The molecule has 1 fully saturated rings. The molecule has 0 bridgehead atoms. The molecule has 4 heterocycles. The van der Waals surface area contributed by atoms with Crippen molar-refractivity contribution in [3.8, 4) is 0 Å². The number of hydrogen-bond donors (Lipinski definition) is 1. The van der Waals surface area contributed by atoms with Gasteiger partial charge in [0.1, 0.15) is 5.52 Å². The normalized spacial score (nSPS) is 15.4. The Balaban J connectivity index is 1.42. The lowest BCUT2D eigenvalue weighted by atomic mass is 10.1. The van der Waals surface area contributed by atoms with Crippen molar-refractivity contribution in [3.63, 3.8) is 0 Å². The molecule has 4 rings (SSSR count). The number of aromatic nitrogens is 5. The Kier molecular flexibility index (Phi) is 4.85. The van der Waals surface area contributed by atoms with Crippen LogP contribution in [0.1, 0.15) is 29.2 Å². The third kappa shape index (κ3) is 3.56. The number of carbonyl (C=O) groups excluding carboxylic acids is 1. The van der Waals surface area contributed by atoms with Gasteiger partial charge < -0.3 is 14.6 Å². The van der Waals surface area contributed by atoms with Crippen LogP contribution >= 0.6 is 11.6 Å². The van der Waals surface area contributed by atoms with E-state index in [1.807, 2.05) is 0 Å². The van der Waals surface area contributed by atoms with Crippen LogP contribution in [-0.4, -0.2) is 50.0 Å². The Hall–Kier alpha value is -2.45. The first-order chi connectivity index (χ1) is 12.7. The van der Waals surface area contributed by atoms with Gasteiger partial charge in [0.15, 0.2) is 5.65 Å². The van der Waals surface area contributed by atoms with Gasteiger partial charge in [-0.15, -0.1) is 0 Å². The van der Waals surface area contributed by atoms with E-state index in [1.165, 1.54) is 0 Å². The average Bonchev–Trinajstić information content (AvgIpc) is 3.28. The van der Waals surface area contributed by atoms with Crippen LogP contribution < -0.4 is 5.32 Å². The van der Waals surface area contributed by atoms with Gasteiger partial charge in [-0.05, 0) is 18.9 Å². The summed E-state index contributed by atoms with van der Waals surface area (Å²) in [5.74, 6) is -0.182. The lowest BCUT2D eigenvalue weighted by Crippen LogP contribution is -2.27. The lowest BCUT2D eigenvalue weighted by Gasteiger charge is -2.23. The van der Waals surface area contributed by atoms with Gasteiger partial charge in [-0.25, -0.2) is 9.97 Å². The predicted octanol–water partition coefficient (Wildman–Crippen LogP) is 2.06. The van der Waals surface area contributed by atoms with E-state index in [0.29, 0.717) is 29.7 Å². The quantitative estimate of drug-likeness (QED) is 0.738. The summed E-state index contributed by atoms with van der Waals surface area (Å²) < 4.78 is 9.18. The topological polar surface area (TPSA) is 86.9 Å². The van der Waals surface area contributed by atoms with Crippen molar-refractivity contribution in [2.24, 2.45) is 0 Å². The van der Waals surface area contributed by atoms with Gasteiger partial charge in [0.05, 0.1) is 29.7 Å². The van der Waals surface area contributed by atoms with Crippen LogP contribution in [0, 0.1) is 0 Å². The smallest absolute Gasteiger partial charge is 0.252 e. The maximum Gasteiger partial charge on any atom is 0.252 e. The van der Waals surface area contributed by atoms with E-state index >= 15 is 0 Å². The van der Waals surface area contributed by atoms with E-state index in [1.54, 1.807) is 35.7 Å². The Bertz CT molecular complexity index is 915. The number of rotatable bonds is 5. The van der Waals surface area contributed by atoms with Crippen molar-refractivity contribution >= 4 is 28.7 Å². The summed E-state index contributed by atoms with van der Waals surface area (Å²) in [5.41, 5.74) is 2.02. The van der Waals surface area contributed by atoms with E-state index in [4.69, 9.17) is 16.3 Å². The summed E-state index contributed by atoms with van der Waals surface area (Å²) in [6.45, 7) is 2.51. The fourth-order valence-corrected chi connectivity index (χ4v) is 3.28. The van der Waals surface area contributed by atoms with Gasteiger partial charge in [-0.2, -0.15) is 5.10 Å². The molecule has 26 heavy (non-hydrogen) atoms. The molecule has 1 amide bonds. The number of carbonyl (C=O) groups is 1. The summed E-state index contributed by atoms with van der Waals surface area (Å²) in [4.78, 5) is 21.2. The summed E-state index contributed by atoms with van der Waals surface area (Å²) in [5, 5.41) is 7.51. The number of hydrogen-bond acceptors (Lipinski definition) is 5. The molecule has 8 nitrogen and oxygen atoms in total. The number of pyridine rings is 1. The number of imidazole rings is 1. The van der Waals surface area contributed by atoms with Crippen LogP contribution in [0.4, 0.5) is 0 Å². The maximum absolute atomic E-state index is 12.3. The Morgan fingerprint density at radius 3 is 2.92 bits per heavy atom. The standard InChI is InChI=1S/C17H19ClN6O2/c18-13-9-22-23(10-13)4-3-19-17(25)12-7-15-16(20-8-12)24(11-21-15)14-1-5-26-6-2-14/h7-11,14H,1-6H2,(H,19,25). The number of halogens is 1. The van der Waals surface area contributed by atoms with E-state index in [0.717, 1.165) is 37.2 Å². The highest BCUT2D eigenvalue weighted by Gasteiger charge is 2.19. The average molecular weight is 375 g/mol. The third-order valence-corrected chi connectivity index (χ3v) is 4.68. The molecule has 1 aliphatic rings. The minimum atomic E-state index is -0.182. The molecule has 1 N–H and O–H groups in total. The van der Waals surface area contributed by atoms with Gasteiger partial charge >= 0.3 is 0 Å². The zero-order valence-corrected chi connectivity index (χ0v) is 14.9. The van der Waals surface area contributed by atoms with Crippen molar-refractivity contribution in [2.45, 2.75) is 25.4 Å². The molecule has 0 atom stereocenters. The van der Waals surface area contributed by atoms with Gasteiger partial charge in [-0.1, -0.05) is 11.6 Å². The fourth-order valence-electron chi connectivity index (χ4n) is 3.12. The van der Waals surface area contributed by atoms with Crippen molar-refractivity contribution in [3.05, 3.63) is 41.6 Å². The SMILES string of the molecule is O=C(NCCn1cc(Cl)cn1)c1cnc2c(c1)ncn2C1CCOCC1. The second-order valence-electron chi connectivity index (χ2n) is 6.24. The molecule has 0 aliphatic carbocycles. The number of ether oxygens (including phenoxy) is 1. The molecule has 0 spiro atoms. The molecule has 1 saturated heterocycles. The van der Waals surface area contributed by atoms with Crippen molar-refractivity contribution in [1.29, 1.82) is 0 Å². The fraction of sp³-hybridized carbons (Fsp3) is 0.412. The zero-order chi connectivity index (χ0) is 17.9. The van der Waals surface area contributed by atoms with Gasteiger partial charge in [-0.3, -0.25) is 9.48 Å². The minimum Gasteiger partial charge on any atom is -0.381 e. The summed E-state index contributed by atoms with van der Waals surface area (Å²) in [7, 11) is 0. The molecule has 0 saturated carbocycles. The molecule has 3 aromatic rings. The monoisotopic (exact) mass is 374 g/mol. The molecular weight excluding hydrogens is 356 g/mol. The summed E-state index contributed by atoms with van der Waals surface area (Å²) in [6, 6.07) is 2.12. The number of fused-ring (bicyclic) bond motifs is 1. The highest BCUT2D eigenvalue weighted by Crippen LogP contribution is 2.24. The van der Waals surface area contributed by atoms with Gasteiger partial charge in [0.2, 0.25) is 0 Å². The third-order valence-electron chi connectivity index (χ3n) is 4.49. The van der Waals surface area contributed by atoms with Crippen LogP contribution in [0.3, 0.4) is 0 Å².